The Morgan fingerprint density at radius 3 is 2.70 bits per heavy atom. The number of anilines is 2. The summed E-state index contributed by atoms with van der Waals surface area (Å²) < 4.78 is 13.1. The summed E-state index contributed by atoms with van der Waals surface area (Å²) in [6.07, 6.45) is 0. The number of halogens is 2. The highest BCUT2D eigenvalue weighted by Gasteiger charge is 2.40. The molecule has 0 bridgehead atoms. The number of hydrazone groups is 1. The molecular formula is C17H14Cl2N6O3S2. The third-order valence-electron chi connectivity index (χ3n) is 3.88. The minimum atomic E-state index is -1.92. The molecule has 13 heteroatoms. The predicted molar refractivity (Wildman–Crippen MR) is 121 cm³/mol. The van der Waals surface area contributed by atoms with Crippen LogP contribution in [0, 0.1) is 0 Å². The molecule has 0 spiro atoms. The van der Waals surface area contributed by atoms with Crippen LogP contribution in [0.15, 0.2) is 52.5 Å². The van der Waals surface area contributed by atoms with Gasteiger partial charge in [-0.05, 0) is 42.5 Å². The van der Waals surface area contributed by atoms with Gasteiger partial charge in [-0.1, -0.05) is 35.3 Å². The second-order valence-electron chi connectivity index (χ2n) is 5.82. The van der Waals surface area contributed by atoms with Crippen molar-refractivity contribution in [1.82, 2.24) is 10.9 Å². The maximum Gasteiger partial charge on any atom is 0.273 e. The number of para-hydroxylation sites is 1. The Bertz CT molecular complexity index is 1090. The zero-order chi connectivity index (χ0) is 21.8. The van der Waals surface area contributed by atoms with Crippen LogP contribution in [0.2, 0.25) is 10.0 Å². The minimum absolute atomic E-state index is 0.122. The number of amides is 2. The summed E-state index contributed by atoms with van der Waals surface area (Å²) in [5.41, 5.74) is 4.65. The highest BCUT2D eigenvalue weighted by molar-refractivity contribution is 7.88. The maximum absolute atomic E-state index is 13.1. The molecule has 156 valence electrons. The average Bonchev–Trinajstić information content (AvgIpc) is 2.72. The van der Waals surface area contributed by atoms with Crippen LogP contribution in [0.1, 0.15) is 0 Å². The van der Waals surface area contributed by atoms with Gasteiger partial charge in [0.15, 0.2) is 11.0 Å². The zero-order valence-corrected chi connectivity index (χ0v) is 18.1. The molecule has 0 aromatic heterocycles. The van der Waals surface area contributed by atoms with Crippen molar-refractivity contribution in [3.05, 3.63) is 52.5 Å². The molecule has 30 heavy (non-hydrogen) atoms. The fraction of sp³-hybridized carbons (Fsp3) is 0.0588. The van der Waals surface area contributed by atoms with E-state index in [0.717, 1.165) is 0 Å². The van der Waals surface area contributed by atoms with Gasteiger partial charge in [-0.15, -0.1) is 0 Å². The number of rotatable bonds is 4. The largest absolute Gasteiger partial charge is 0.324 e. The molecule has 0 saturated carbocycles. The first-order chi connectivity index (χ1) is 14.3. The number of thiocarbonyl (C=S) groups is 1. The fourth-order valence-corrected chi connectivity index (χ4v) is 4.35. The normalized spacial score (nSPS) is 18.1. The lowest BCUT2D eigenvalue weighted by atomic mass is 10.2. The van der Waals surface area contributed by atoms with Gasteiger partial charge in [-0.2, -0.15) is 5.10 Å². The SMILES string of the molecule is NNC(=S)N/N=C(/C(=O)Nc1cc(Cl)ccc1Cl)C1C(=O)Nc2ccccc2S1=O. The van der Waals surface area contributed by atoms with E-state index in [1.165, 1.54) is 12.1 Å². The van der Waals surface area contributed by atoms with Gasteiger partial charge < -0.3 is 10.6 Å². The number of carbonyl (C=O) groups excluding carboxylic acids is 2. The third-order valence-corrected chi connectivity index (χ3v) is 6.31. The van der Waals surface area contributed by atoms with E-state index in [-0.39, 0.29) is 15.8 Å². The van der Waals surface area contributed by atoms with Gasteiger partial charge in [-0.25, -0.2) is 5.84 Å². The first-order valence-corrected chi connectivity index (χ1v) is 10.6. The lowest BCUT2D eigenvalue weighted by Gasteiger charge is -2.24. The summed E-state index contributed by atoms with van der Waals surface area (Å²) in [7, 11) is -1.92. The molecule has 2 aromatic carbocycles. The molecule has 3 rings (SSSR count). The second kappa shape index (κ2) is 9.49. The van der Waals surface area contributed by atoms with E-state index in [0.29, 0.717) is 15.6 Å². The fourth-order valence-electron chi connectivity index (χ4n) is 2.54. The van der Waals surface area contributed by atoms with Crippen LogP contribution in [-0.4, -0.2) is 32.1 Å². The van der Waals surface area contributed by atoms with E-state index < -0.39 is 33.6 Å². The summed E-state index contributed by atoms with van der Waals surface area (Å²) in [5, 5.41) is 8.01. The van der Waals surface area contributed by atoms with Crippen LogP contribution in [0.25, 0.3) is 0 Å². The minimum Gasteiger partial charge on any atom is -0.324 e. The molecule has 6 N–H and O–H groups in total. The Labute approximate surface area is 188 Å². The molecule has 9 nitrogen and oxygen atoms in total. The number of hydrazine groups is 1. The Morgan fingerprint density at radius 1 is 1.23 bits per heavy atom. The van der Waals surface area contributed by atoms with Crippen LogP contribution in [0.4, 0.5) is 11.4 Å². The van der Waals surface area contributed by atoms with Crippen molar-refractivity contribution in [2.75, 3.05) is 10.6 Å². The monoisotopic (exact) mass is 484 g/mol. The molecule has 2 aromatic rings. The van der Waals surface area contributed by atoms with E-state index in [2.05, 4.69) is 26.6 Å². The average molecular weight is 485 g/mol. The summed E-state index contributed by atoms with van der Waals surface area (Å²) >= 11 is 16.9. The molecule has 2 atom stereocenters. The number of hydrogen-bond acceptors (Lipinski definition) is 6. The Morgan fingerprint density at radius 2 is 1.97 bits per heavy atom. The van der Waals surface area contributed by atoms with Crippen LogP contribution in [0.3, 0.4) is 0 Å². The number of nitrogens with zero attached hydrogens (tertiary/aromatic N) is 1. The van der Waals surface area contributed by atoms with Gasteiger partial charge in [0.2, 0.25) is 11.0 Å². The molecule has 2 amide bonds. The zero-order valence-electron chi connectivity index (χ0n) is 14.9. The van der Waals surface area contributed by atoms with Crippen LogP contribution in [0.5, 0.6) is 0 Å². The second-order valence-corrected chi connectivity index (χ2v) is 8.58. The summed E-state index contributed by atoms with van der Waals surface area (Å²) in [4.78, 5) is 26.0. The molecule has 0 radical (unpaired) electrons. The molecule has 1 aliphatic heterocycles. The van der Waals surface area contributed by atoms with Gasteiger partial charge in [0, 0.05) is 5.02 Å². The van der Waals surface area contributed by atoms with Crippen LogP contribution >= 0.6 is 35.4 Å². The first kappa shape index (κ1) is 22.1. The molecule has 0 fully saturated rings. The highest BCUT2D eigenvalue weighted by Crippen LogP contribution is 2.29. The van der Waals surface area contributed by atoms with Crippen LogP contribution in [-0.2, 0) is 20.4 Å². The van der Waals surface area contributed by atoms with E-state index in [9.17, 15) is 13.8 Å². The van der Waals surface area contributed by atoms with Crippen molar-refractivity contribution in [2.24, 2.45) is 10.9 Å². The summed E-state index contributed by atoms with van der Waals surface area (Å²) in [6, 6.07) is 11.0. The standard InChI is InChI=1S/C17H14Cl2N6O3S2/c18-8-5-6-9(19)11(7-8)22-15(26)13(24-25-17(29)23-20)14-16(27)21-10-3-1-2-4-12(10)30(14)28/h1-7,14H,20H2,(H,21,27)(H,22,26)(H2,23,25,29)/b24-13+. The third kappa shape index (κ3) is 4.77. The number of fused-ring (bicyclic) bond motifs is 1. The summed E-state index contributed by atoms with van der Waals surface area (Å²) in [6.45, 7) is 0. The van der Waals surface area contributed by atoms with E-state index in [1.54, 1.807) is 30.3 Å². The van der Waals surface area contributed by atoms with Crippen molar-refractivity contribution in [3.8, 4) is 0 Å². The number of benzene rings is 2. The van der Waals surface area contributed by atoms with Crippen molar-refractivity contribution in [3.63, 3.8) is 0 Å². The Kier molecular flexibility index (Phi) is 7.00. The van der Waals surface area contributed by atoms with E-state index >= 15 is 0 Å². The Hall–Kier alpha value is -2.57. The topological polar surface area (TPSA) is 138 Å². The van der Waals surface area contributed by atoms with Crippen molar-refractivity contribution in [1.29, 1.82) is 0 Å². The lowest BCUT2D eigenvalue weighted by molar-refractivity contribution is -0.116. The molecule has 0 saturated heterocycles. The molecular weight excluding hydrogens is 471 g/mol. The summed E-state index contributed by atoms with van der Waals surface area (Å²) in [5.74, 6) is 3.69. The van der Waals surface area contributed by atoms with E-state index in [1.807, 2.05) is 0 Å². The number of nitrogens with one attached hydrogen (secondary N) is 4. The molecule has 1 heterocycles. The van der Waals surface area contributed by atoms with Crippen LogP contribution < -0.4 is 27.3 Å². The number of hydrogen-bond donors (Lipinski definition) is 5. The van der Waals surface area contributed by atoms with Gasteiger partial charge in [-0.3, -0.25) is 24.6 Å². The van der Waals surface area contributed by atoms with Gasteiger partial charge in [0.1, 0.15) is 0 Å². The number of nitrogens with two attached hydrogens (primary N) is 1. The van der Waals surface area contributed by atoms with Gasteiger partial charge in [0.25, 0.3) is 5.91 Å². The highest BCUT2D eigenvalue weighted by atomic mass is 35.5. The van der Waals surface area contributed by atoms with Crippen molar-refractivity contribution >= 4 is 80.2 Å². The molecule has 0 aliphatic carbocycles. The maximum atomic E-state index is 13.1. The lowest BCUT2D eigenvalue weighted by Crippen LogP contribution is -2.48. The number of carbonyl (C=O) groups is 2. The van der Waals surface area contributed by atoms with Gasteiger partial charge >= 0.3 is 0 Å². The molecule has 1 aliphatic rings. The van der Waals surface area contributed by atoms with Crippen molar-refractivity contribution < 1.29 is 13.8 Å². The molecule has 2 unspecified atom stereocenters. The van der Waals surface area contributed by atoms with E-state index in [4.69, 9.17) is 41.3 Å². The predicted octanol–water partition coefficient (Wildman–Crippen LogP) is 1.75. The van der Waals surface area contributed by atoms with Gasteiger partial charge in [0.05, 0.1) is 32.1 Å². The van der Waals surface area contributed by atoms with Crippen molar-refractivity contribution in [2.45, 2.75) is 10.1 Å². The quantitative estimate of drug-likeness (QED) is 0.193. The Balaban J connectivity index is 1.99. The smallest absolute Gasteiger partial charge is 0.273 e. The first-order valence-electron chi connectivity index (χ1n) is 8.23.